The summed E-state index contributed by atoms with van der Waals surface area (Å²) in [5.74, 6) is -1.45. The number of alkyl halides is 3. The third-order valence-electron chi connectivity index (χ3n) is 1.83. The van der Waals surface area contributed by atoms with Crippen molar-refractivity contribution in [3.05, 3.63) is 23.8 Å². The van der Waals surface area contributed by atoms with Gasteiger partial charge < -0.3 is 14.6 Å². The molecule has 0 aliphatic heterocycles. The van der Waals surface area contributed by atoms with Gasteiger partial charge in [0.05, 0.1) is 13.5 Å². The molecule has 0 spiro atoms. The highest BCUT2D eigenvalue weighted by atomic mass is 19.4. The average Bonchev–Trinajstić information content (AvgIpc) is 2.14. The number of carbonyl (C=O) groups is 1. The molecular formula is C10H9F3O4. The molecule has 1 aromatic rings. The van der Waals surface area contributed by atoms with E-state index in [2.05, 4.69) is 4.74 Å². The minimum atomic E-state index is -4.81. The molecule has 17 heavy (non-hydrogen) atoms. The summed E-state index contributed by atoms with van der Waals surface area (Å²) in [6.45, 7) is 0. The highest BCUT2D eigenvalue weighted by molar-refractivity contribution is 5.71. The van der Waals surface area contributed by atoms with Gasteiger partial charge in [-0.1, -0.05) is 0 Å². The van der Waals surface area contributed by atoms with E-state index < -0.39 is 24.5 Å². The van der Waals surface area contributed by atoms with Crippen LogP contribution in [0.15, 0.2) is 18.2 Å². The zero-order chi connectivity index (χ0) is 13.1. The topological polar surface area (TPSA) is 55.8 Å². The number of ether oxygens (including phenoxy) is 2. The monoisotopic (exact) mass is 250 g/mol. The van der Waals surface area contributed by atoms with Crippen LogP contribution < -0.4 is 9.47 Å². The van der Waals surface area contributed by atoms with Crippen molar-refractivity contribution in [2.45, 2.75) is 12.8 Å². The quantitative estimate of drug-likeness (QED) is 0.890. The minimum absolute atomic E-state index is 0.113. The van der Waals surface area contributed by atoms with E-state index in [4.69, 9.17) is 9.84 Å². The second-order valence-corrected chi connectivity index (χ2v) is 3.09. The van der Waals surface area contributed by atoms with Gasteiger partial charge in [-0.2, -0.15) is 0 Å². The maximum absolute atomic E-state index is 11.9. The molecule has 94 valence electrons. The highest BCUT2D eigenvalue weighted by Gasteiger charge is 2.31. The largest absolute Gasteiger partial charge is 0.573 e. The molecule has 0 saturated carbocycles. The van der Waals surface area contributed by atoms with E-state index >= 15 is 0 Å². The Bertz CT molecular complexity index is 415. The van der Waals surface area contributed by atoms with Crippen LogP contribution in [0.4, 0.5) is 13.2 Å². The first-order chi connectivity index (χ1) is 7.81. The molecule has 0 unspecified atom stereocenters. The molecule has 0 saturated heterocycles. The van der Waals surface area contributed by atoms with Crippen molar-refractivity contribution in [1.29, 1.82) is 0 Å². The summed E-state index contributed by atoms with van der Waals surface area (Å²) in [6, 6.07) is 3.26. The van der Waals surface area contributed by atoms with E-state index in [1.165, 1.54) is 13.2 Å². The predicted octanol–water partition coefficient (Wildman–Crippen LogP) is 2.22. The van der Waals surface area contributed by atoms with E-state index in [-0.39, 0.29) is 11.3 Å². The normalized spacial score (nSPS) is 11.1. The van der Waals surface area contributed by atoms with Gasteiger partial charge in [0, 0.05) is 5.56 Å². The average molecular weight is 250 g/mol. The Balaban J connectivity index is 3.00. The van der Waals surface area contributed by atoms with E-state index in [0.29, 0.717) is 0 Å². The van der Waals surface area contributed by atoms with Crippen molar-refractivity contribution in [2.24, 2.45) is 0 Å². The van der Waals surface area contributed by atoms with Crippen LogP contribution >= 0.6 is 0 Å². The summed E-state index contributed by atoms with van der Waals surface area (Å²) in [5, 5.41) is 8.59. The summed E-state index contributed by atoms with van der Waals surface area (Å²) in [7, 11) is 1.30. The first-order valence-corrected chi connectivity index (χ1v) is 4.46. The van der Waals surface area contributed by atoms with Crippen LogP contribution in [0.3, 0.4) is 0 Å². The standard InChI is InChI=1S/C10H9F3O4/c1-16-8-3-2-7(17-10(11,12)13)4-6(8)5-9(14)15/h2-4H,5H2,1H3,(H,14,15). The SMILES string of the molecule is COc1ccc(OC(F)(F)F)cc1CC(=O)O. The molecule has 1 aromatic carbocycles. The van der Waals surface area contributed by atoms with E-state index in [0.717, 1.165) is 12.1 Å². The van der Waals surface area contributed by atoms with Gasteiger partial charge >= 0.3 is 12.3 Å². The zero-order valence-electron chi connectivity index (χ0n) is 8.75. The lowest BCUT2D eigenvalue weighted by Gasteiger charge is -2.12. The van der Waals surface area contributed by atoms with Crippen LogP contribution in [0, 0.1) is 0 Å². The van der Waals surface area contributed by atoms with Crippen molar-refractivity contribution in [2.75, 3.05) is 7.11 Å². The van der Waals surface area contributed by atoms with Crippen LogP contribution in [0.1, 0.15) is 5.56 Å². The van der Waals surface area contributed by atoms with Gasteiger partial charge in [0.2, 0.25) is 0 Å². The number of methoxy groups -OCH3 is 1. The van der Waals surface area contributed by atoms with Gasteiger partial charge in [0.1, 0.15) is 11.5 Å². The maximum Gasteiger partial charge on any atom is 0.573 e. The molecule has 0 heterocycles. The van der Waals surface area contributed by atoms with Gasteiger partial charge in [-0.25, -0.2) is 0 Å². The lowest BCUT2D eigenvalue weighted by Crippen LogP contribution is -2.17. The van der Waals surface area contributed by atoms with E-state index in [1.54, 1.807) is 0 Å². The molecule has 1 rings (SSSR count). The molecule has 7 heteroatoms. The van der Waals surface area contributed by atoms with Crippen molar-refractivity contribution in [1.82, 2.24) is 0 Å². The Morgan fingerprint density at radius 3 is 2.53 bits per heavy atom. The van der Waals surface area contributed by atoms with Gasteiger partial charge in [0.25, 0.3) is 0 Å². The second kappa shape index (κ2) is 4.94. The molecular weight excluding hydrogens is 241 g/mol. The van der Waals surface area contributed by atoms with Crippen molar-refractivity contribution in [3.63, 3.8) is 0 Å². The first-order valence-electron chi connectivity index (χ1n) is 4.46. The fourth-order valence-electron chi connectivity index (χ4n) is 1.25. The summed E-state index contributed by atoms with van der Waals surface area (Å²) < 4.78 is 44.4. The Kier molecular flexibility index (Phi) is 3.82. The Morgan fingerprint density at radius 1 is 1.41 bits per heavy atom. The fourth-order valence-corrected chi connectivity index (χ4v) is 1.25. The van der Waals surface area contributed by atoms with Crippen LogP contribution in [0.25, 0.3) is 0 Å². The highest BCUT2D eigenvalue weighted by Crippen LogP contribution is 2.28. The minimum Gasteiger partial charge on any atom is -0.496 e. The van der Waals surface area contributed by atoms with Crippen molar-refractivity contribution >= 4 is 5.97 Å². The summed E-state index contributed by atoms with van der Waals surface area (Å²) in [5.41, 5.74) is 0.113. The van der Waals surface area contributed by atoms with Gasteiger partial charge in [-0.3, -0.25) is 4.79 Å². The summed E-state index contributed by atoms with van der Waals surface area (Å²) >= 11 is 0. The Morgan fingerprint density at radius 2 is 2.06 bits per heavy atom. The number of hydrogen-bond acceptors (Lipinski definition) is 3. The van der Waals surface area contributed by atoms with Gasteiger partial charge in [-0.15, -0.1) is 13.2 Å². The lowest BCUT2D eigenvalue weighted by atomic mass is 10.1. The molecule has 0 atom stereocenters. The van der Waals surface area contributed by atoms with Crippen LogP contribution in [-0.2, 0) is 11.2 Å². The predicted molar refractivity (Wildman–Crippen MR) is 51.0 cm³/mol. The molecule has 0 radical (unpaired) electrons. The maximum atomic E-state index is 11.9. The molecule has 0 aromatic heterocycles. The number of carboxylic acid groups (broad SMARTS) is 1. The van der Waals surface area contributed by atoms with Crippen LogP contribution in [0.5, 0.6) is 11.5 Å². The lowest BCUT2D eigenvalue weighted by molar-refractivity contribution is -0.274. The fraction of sp³-hybridized carbons (Fsp3) is 0.300. The number of halogens is 3. The van der Waals surface area contributed by atoms with E-state index in [1.807, 2.05) is 0 Å². The third-order valence-corrected chi connectivity index (χ3v) is 1.83. The van der Waals surface area contributed by atoms with E-state index in [9.17, 15) is 18.0 Å². The molecule has 0 aliphatic carbocycles. The number of carboxylic acids is 1. The summed E-state index contributed by atoms with van der Waals surface area (Å²) in [4.78, 5) is 10.5. The van der Waals surface area contributed by atoms with Crippen LogP contribution in [0.2, 0.25) is 0 Å². The third kappa shape index (κ3) is 4.21. The molecule has 4 nitrogen and oxygen atoms in total. The Labute approximate surface area is 94.6 Å². The second-order valence-electron chi connectivity index (χ2n) is 3.09. The number of rotatable bonds is 4. The molecule has 0 aliphatic rings. The number of hydrogen-bond donors (Lipinski definition) is 1. The van der Waals surface area contributed by atoms with Crippen LogP contribution in [-0.4, -0.2) is 24.5 Å². The van der Waals surface area contributed by atoms with Crippen molar-refractivity contribution < 1.29 is 32.5 Å². The molecule has 1 N–H and O–H groups in total. The molecule has 0 fully saturated rings. The first kappa shape index (κ1) is 13.1. The summed E-state index contributed by atoms with van der Waals surface area (Å²) in [6.07, 6.45) is -5.26. The zero-order valence-corrected chi connectivity index (χ0v) is 8.75. The van der Waals surface area contributed by atoms with Gasteiger partial charge in [-0.05, 0) is 18.2 Å². The Hall–Kier alpha value is -1.92. The van der Waals surface area contributed by atoms with Crippen molar-refractivity contribution in [3.8, 4) is 11.5 Å². The smallest absolute Gasteiger partial charge is 0.496 e. The molecule has 0 amide bonds. The number of benzene rings is 1. The molecule has 0 bridgehead atoms. The van der Waals surface area contributed by atoms with Gasteiger partial charge in [0.15, 0.2) is 0 Å². The number of aliphatic carboxylic acids is 1.